The molecule has 104 valence electrons. The van der Waals surface area contributed by atoms with Crippen molar-refractivity contribution in [3.8, 4) is 0 Å². The molecule has 0 spiro atoms. The Labute approximate surface area is 123 Å². The third kappa shape index (κ3) is 3.23. The van der Waals surface area contributed by atoms with Crippen molar-refractivity contribution >= 4 is 5.95 Å². The van der Waals surface area contributed by atoms with Crippen molar-refractivity contribution in [3.63, 3.8) is 0 Å². The van der Waals surface area contributed by atoms with E-state index in [9.17, 15) is 0 Å². The lowest BCUT2D eigenvalue weighted by atomic mass is 10.0. The van der Waals surface area contributed by atoms with E-state index in [1.165, 1.54) is 5.56 Å². The number of rotatable bonds is 4. The van der Waals surface area contributed by atoms with Crippen LogP contribution in [-0.2, 0) is 0 Å². The van der Waals surface area contributed by atoms with Gasteiger partial charge < -0.3 is 5.32 Å². The van der Waals surface area contributed by atoms with Crippen LogP contribution in [0.3, 0.4) is 0 Å². The van der Waals surface area contributed by atoms with Crippen LogP contribution in [0.4, 0.5) is 5.95 Å². The van der Waals surface area contributed by atoms with Crippen molar-refractivity contribution in [2.75, 3.05) is 5.32 Å². The molecule has 0 saturated heterocycles. The first-order valence-electron chi connectivity index (χ1n) is 6.84. The van der Waals surface area contributed by atoms with E-state index in [1.807, 2.05) is 24.3 Å². The van der Waals surface area contributed by atoms with Gasteiger partial charge in [0.05, 0.1) is 11.7 Å². The van der Waals surface area contributed by atoms with E-state index in [4.69, 9.17) is 0 Å². The van der Waals surface area contributed by atoms with Gasteiger partial charge in [0.2, 0.25) is 5.95 Å². The summed E-state index contributed by atoms with van der Waals surface area (Å²) in [5, 5.41) is 3.35. The minimum absolute atomic E-state index is 0.0755. The van der Waals surface area contributed by atoms with Gasteiger partial charge in [-0.2, -0.15) is 0 Å². The second-order valence-corrected chi connectivity index (χ2v) is 4.82. The smallest absolute Gasteiger partial charge is 0.223 e. The zero-order chi connectivity index (χ0) is 14.5. The van der Waals surface area contributed by atoms with E-state index in [-0.39, 0.29) is 6.04 Å². The molecule has 0 aliphatic carbocycles. The van der Waals surface area contributed by atoms with Crippen LogP contribution in [0.2, 0.25) is 0 Å². The second-order valence-electron chi connectivity index (χ2n) is 4.82. The van der Waals surface area contributed by atoms with Gasteiger partial charge in [0, 0.05) is 18.6 Å². The summed E-state index contributed by atoms with van der Waals surface area (Å²) in [5.74, 6) is 0.592. The lowest BCUT2D eigenvalue weighted by molar-refractivity contribution is 0.864. The molecule has 0 fully saturated rings. The van der Waals surface area contributed by atoms with E-state index < -0.39 is 0 Å². The van der Waals surface area contributed by atoms with Crippen LogP contribution in [0, 0.1) is 6.92 Å². The fourth-order valence-electron chi connectivity index (χ4n) is 2.23. The standard InChI is InChI=1S/C17H16N4/c1-13-6-4-7-14(12-13)16(15-8-2-3-9-18-15)21-17-19-10-5-11-20-17/h2-12,16H,1H3,(H,19,20,21)/t16-/m0/s1. The molecule has 0 unspecified atom stereocenters. The molecule has 4 heteroatoms. The molecule has 1 N–H and O–H groups in total. The third-order valence-corrected chi connectivity index (χ3v) is 3.20. The van der Waals surface area contributed by atoms with Gasteiger partial charge in [-0.1, -0.05) is 35.9 Å². The van der Waals surface area contributed by atoms with E-state index in [0.29, 0.717) is 5.95 Å². The van der Waals surface area contributed by atoms with E-state index in [2.05, 4.69) is 45.4 Å². The van der Waals surface area contributed by atoms with Crippen LogP contribution in [0.15, 0.2) is 67.1 Å². The number of pyridine rings is 1. The number of benzene rings is 1. The summed E-state index contributed by atoms with van der Waals surface area (Å²) >= 11 is 0. The van der Waals surface area contributed by atoms with Gasteiger partial charge in [-0.3, -0.25) is 4.98 Å². The summed E-state index contributed by atoms with van der Waals surface area (Å²) in [5.41, 5.74) is 3.29. The fraction of sp³-hybridized carbons (Fsp3) is 0.118. The number of hydrogen-bond donors (Lipinski definition) is 1. The van der Waals surface area contributed by atoms with Crippen molar-refractivity contribution in [2.24, 2.45) is 0 Å². The Morgan fingerprint density at radius 1 is 0.857 bits per heavy atom. The monoisotopic (exact) mass is 276 g/mol. The molecule has 0 bridgehead atoms. The van der Waals surface area contributed by atoms with E-state index in [0.717, 1.165) is 11.3 Å². The molecule has 3 rings (SSSR count). The Morgan fingerprint density at radius 2 is 1.67 bits per heavy atom. The first-order valence-corrected chi connectivity index (χ1v) is 6.84. The van der Waals surface area contributed by atoms with Crippen molar-refractivity contribution < 1.29 is 0 Å². The highest BCUT2D eigenvalue weighted by atomic mass is 15.1. The molecule has 1 aromatic carbocycles. The van der Waals surface area contributed by atoms with Crippen LogP contribution >= 0.6 is 0 Å². The fourth-order valence-corrected chi connectivity index (χ4v) is 2.23. The lowest BCUT2D eigenvalue weighted by Gasteiger charge is -2.19. The predicted octanol–water partition coefficient (Wildman–Crippen LogP) is 3.38. The summed E-state index contributed by atoms with van der Waals surface area (Å²) < 4.78 is 0. The first-order chi connectivity index (χ1) is 10.3. The number of aromatic nitrogens is 3. The minimum Gasteiger partial charge on any atom is -0.342 e. The Hall–Kier alpha value is -2.75. The van der Waals surface area contributed by atoms with E-state index >= 15 is 0 Å². The summed E-state index contributed by atoms with van der Waals surface area (Å²) in [6.45, 7) is 2.08. The topological polar surface area (TPSA) is 50.7 Å². The average molecular weight is 276 g/mol. The Bertz CT molecular complexity index is 698. The van der Waals surface area contributed by atoms with Crippen molar-refractivity contribution in [3.05, 3.63) is 83.9 Å². The van der Waals surface area contributed by atoms with Crippen molar-refractivity contribution in [1.29, 1.82) is 0 Å². The number of nitrogens with one attached hydrogen (secondary N) is 1. The lowest BCUT2D eigenvalue weighted by Crippen LogP contribution is -2.15. The van der Waals surface area contributed by atoms with Gasteiger partial charge in [-0.15, -0.1) is 0 Å². The third-order valence-electron chi connectivity index (χ3n) is 3.20. The molecule has 3 aromatic rings. The molecule has 0 aliphatic rings. The number of nitrogens with zero attached hydrogens (tertiary/aromatic N) is 3. The largest absolute Gasteiger partial charge is 0.342 e. The Balaban J connectivity index is 1.99. The molecule has 0 amide bonds. The van der Waals surface area contributed by atoms with Crippen LogP contribution in [0.25, 0.3) is 0 Å². The zero-order valence-electron chi connectivity index (χ0n) is 11.8. The van der Waals surface area contributed by atoms with Gasteiger partial charge in [0.15, 0.2) is 0 Å². The normalized spacial score (nSPS) is 11.9. The maximum Gasteiger partial charge on any atom is 0.223 e. The second kappa shape index (κ2) is 6.13. The van der Waals surface area contributed by atoms with Crippen molar-refractivity contribution in [1.82, 2.24) is 15.0 Å². The molecule has 0 aliphatic heterocycles. The summed E-state index contributed by atoms with van der Waals surface area (Å²) in [7, 11) is 0. The average Bonchev–Trinajstić information content (AvgIpc) is 2.54. The maximum absolute atomic E-state index is 4.46. The van der Waals surface area contributed by atoms with Crippen LogP contribution < -0.4 is 5.32 Å². The number of aryl methyl sites for hydroxylation is 1. The molecule has 0 saturated carbocycles. The summed E-state index contributed by atoms with van der Waals surface area (Å²) in [6, 6.07) is 16.0. The minimum atomic E-state index is -0.0755. The van der Waals surface area contributed by atoms with Crippen molar-refractivity contribution in [2.45, 2.75) is 13.0 Å². The molecule has 2 aromatic heterocycles. The Kier molecular flexibility index (Phi) is 3.87. The summed E-state index contributed by atoms with van der Waals surface area (Å²) in [4.78, 5) is 12.9. The molecule has 1 atom stereocenters. The highest BCUT2D eigenvalue weighted by Crippen LogP contribution is 2.24. The maximum atomic E-state index is 4.46. The highest BCUT2D eigenvalue weighted by Gasteiger charge is 2.16. The molecular formula is C17H16N4. The Morgan fingerprint density at radius 3 is 2.38 bits per heavy atom. The molecule has 0 radical (unpaired) electrons. The van der Waals surface area contributed by atoms with Crippen LogP contribution in [0.1, 0.15) is 22.9 Å². The number of anilines is 1. The van der Waals surface area contributed by atoms with Gasteiger partial charge in [0.1, 0.15) is 0 Å². The predicted molar refractivity (Wildman–Crippen MR) is 82.9 cm³/mol. The van der Waals surface area contributed by atoms with Crippen LogP contribution in [-0.4, -0.2) is 15.0 Å². The van der Waals surface area contributed by atoms with Gasteiger partial charge >= 0.3 is 0 Å². The molecule has 2 heterocycles. The van der Waals surface area contributed by atoms with E-state index in [1.54, 1.807) is 24.7 Å². The SMILES string of the molecule is Cc1cccc([C@H](Nc2ncccn2)c2ccccn2)c1. The first kappa shape index (κ1) is 13.2. The molecule has 21 heavy (non-hydrogen) atoms. The van der Waals surface area contributed by atoms with Gasteiger partial charge in [-0.05, 0) is 30.7 Å². The quantitative estimate of drug-likeness (QED) is 0.793. The van der Waals surface area contributed by atoms with Gasteiger partial charge in [-0.25, -0.2) is 9.97 Å². The van der Waals surface area contributed by atoms with Crippen LogP contribution in [0.5, 0.6) is 0 Å². The molecular weight excluding hydrogens is 260 g/mol. The highest BCUT2D eigenvalue weighted by molar-refractivity contribution is 5.39. The van der Waals surface area contributed by atoms with Gasteiger partial charge in [0.25, 0.3) is 0 Å². The molecule has 4 nitrogen and oxygen atoms in total. The summed E-state index contributed by atoms with van der Waals surface area (Å²) in [6.07, 6.45) is 5.24. The number of hydrogen-bond acceptors (Lipinski definition) is 4. The zero-order valence-corrected chi connectivity index (χ0v) is 11.8.